The highest BCUT2D eigenvalue weighted by molar-refractivity contribution is 7.89. The van der Waals surface area contributed by atoms with Crippen molar-refractivity contribution in [3.63, 3.8) is 0 Å². The number of benzene rings is 1. The quantitative estimate of drug-likeness (QED) is 0.786. The fourth-order valence-corrected chi connectivity index (χ4v) is 4.09. The standard InChI is InChI=1S/C13H17NO3S/c1-4-12-10(3)13(15)14(12)18(16,17)11-7-5-9(2)6-8-11/h5-8,10,12H,4H2,1-3H3/t10-,12-/m0/s1. The number of β-lactam (4-membered cyclic amide) rings is 1. The molecule has 0 aromatic heterocycles. The maximum Gasteiger partial charge on any atom is 0.266 e. The third-order valence-electron chi connectivity index (χ3n) is 3.48. The van der Waals surface area contributed by atoms with Gasteiger partial charge in [0.05, 0.1) is 16.9 Å². The molecular weight excluding hydrogens is 250 g/mol. The maximum atomic E-state index is 12.4. The summed E-state index contributed by atoms with van der Waals surface area (Å²) >= 11 is 0. The Bertz CT molecular complexity index is 562. The topological polar surface area (TPSA) is 54.5 Å². The highest BCUT2D eigenvalue weighted by atomic mass is 32.2. The zero-order chi connectivity index (χ0) is 13.5. The molecule has 0 unspecified atom stereocenters. The minimum Gasteiger partial charge on any atom is -0.273 e. The van der Waals surface area contributed by atoms with E-state index in [1.54, 1.807) is 31.2 Å². The van der Waals surface area contributed by atoms with Crippen LogP contribution >= 0.6 is 0 Å². The molecule has 1 aliphatic heterocycles. The van der Waals surface area contributed by atoms with Crippen LogP contribution in [0.2, 0.25) is 0 Å². The van der Waals surface area contributed by atoms with Crippen LogP contribution < -0.4 is 0 Å². The van der Waals surface area contributed by atoms with Crippen molar-refractivity contribution in [2.75, 3.05) is 0 Å². The van der Waals surface area contributed by atoms with Crippen molar-refractivity contribution in [3.8, 4) is 0 Å². The molecule has 1 heterocycles. The first-order valence-electron chi connectivity index (χ1n) is 6.04. The molecule has 2 atom stereocenters. The molecule has 0 N–H and O–H groups in total. The molecule has 1 aromatic rings. The van der Waals surface area contributed by atoms with Gasteiger partial charge in [0.1, 0.15) is 0 Å². The van der Waals surface area contributed by atoms with E-state index in [1.807, 2.05) is 13.8 Å². The van der Waals surface area contributed by atoms with Gasteiger partial charge in [0.2, 0.25) is 5.91 Å². The second-order valence-electron chi connectivity index (χ2n) is 4.72. The number of hydrogen-bond acceptors (Lipinski definition) is 3. The minimum atomic E-state index is -3.68. The summed E-state index contributed by atoms with van der Waals surface area (Å²) in [5.41, 5.74) is 0.990. The van der Waals surface area contributed by atoms with Gasteiger partial charge in [0.25, 0.3) is 10.0 Å². The van der Waals surface area contributed by atoms with Gasteiger partial charge in [-0.25, -0.2) is 12.7 Å². The van der Waals surface area contributed by atoms with Crippen LogP contribution in [0, 0.1) is 12.8 Å². The molecule has 0 spiro atoms. The van der Waals surface area contributed by atoms with Crippen LogP contribution in [0.1, 0.15) is 25.8 Å². The predicted octanol–water partition coefficient (Wildman–Crippen LogP) is 1.94. The van der Waals surface area contributed by atoms with E-state index in [1.165, 1.54) is 0 Å². The number of carbonyl (C=O) groups is 1. The Morgan fingerprint density at radius 2 is 1.78 bits per heavy atom. The summed E-state index contributed by atoms with van der Waals surface area (Å²) in [6.07, 6.45) is 0.651. The molecule has 1 fully saturated rings. The summed E-state index contributed by atoms with van der Waals surface area (Å²) in [6, 6.07) is 6.37. The number of sulfonamides is 1. The highest BCUT2D eigenvalue weighted by Gasteiger charge is 2.49. The average molecular weight is 267 g/mol. The molecule has 1 aliphatic rings. The van der Waals surface area contributed by atoms with Crippen LogP contribution in [0.25, 0.3) is 0 Å². The fourth-order valence-electron chi connectivity index (χ4n) is 2.29. The number of amides is 1. The van der Waals surface area contributed by atoms with E-state index in [0.29, 0.717) is 6.42 Å². The molecule has 2 rings (SSSR count). The first-order chi connectivity index (χ1) is 8.39. The predicted molar refractivity (Wildman–Crippen MR) is 68.5 cm³/mol. The van der Waals surface area contributed by atoms with Gasteiger partial charge in [0.15, 0.2) is 0 Å². The van der Waals surface area contributed by atoms with Crippen LogP contribution in [-0.2, 0) is 14.8 Å². The normalized spacial score (nSPS) is 23.9. The molecule has 0 aliphatic carbocycles. The fraction of sp³-hybridized carbons (Fsp3) is 0.462. The smallest absolute Gasteiger partial charge is 0.266 e. The van der Waals surface area contributed by atoms with Gasteiger partial charge in [-0.1, -0.05) is 31.5 Å². The molecule has 98 valence electrons. The van der Waals surface area contributed by atoms with Crippen LogP contribution in [0.3, 0.4) is 0 Å². The van der Waals surface area contributed by atoms with E-state index >= 15 is 0 Å². The lowest BCUT2D eigenvalue weighted by Gasteiger charge is -2.44. The molecule has 1 amide bonds. The third kappa shape index (κ3) is 1.82. The van der Waals surface area contributed by atoms with Crippen LogP contribution in [0.5, 0.6) is 0 Å². The molecule has 4 nitrogen and oxygen atoms in total. The molecule has 18 heavy (non-hydrogen) atoms. The van der Waals surface area contributed by atoms with E-state index < -0.39 is 10.0 Å². The Labute approximate surface area is 108 Å². The molecule has 5 heteroatoms. The summed E-state index contributed by atoms with van der Waals surface area (Å²) in [5.74, 6) is -0.502. The highest BCUT2D eigenvalue weighted by Crippen LogP contribution is 2.34. The second kappa shape index (κ2) is 4.39. The Morgan fingerprint density at radius 3 is 2.28 bits per heavy atom. The zero-order valence-corrected chi connectivity index (χ0v) is 11.6. The Morgan fingerprint density at radius 1 is 1.22 bits per heavy atom. The molecule has 0 radical (unpaired) electrons. The van der Waals surface area contributed by atoms with Crippen LogP contribution in [-0.4, -0.2) is 24.7 Å². The maximum absolute atomic E-state index is 12.4. The summed E-state index contributed by atoms with van der Waals surface area (Å²) in [5, 5.41) is 0. The average Bonchev–Trinajstić information content (AvgIpc) is 2.34. The lowest BCUT2D eigenvalue weighted by molar-refractivity contribution is -0.145. The molecular formula is C13H17NO3S. The van der Waals surface area contributed by atoms with Gasteiger partial charge in [-0.05, 0) is 25.5 Å². The molecule has 0 saturated carbocycles. The van der Waals surface area contributed by atoms with Gasteiger partial charge in [-0.15, -0.1) is 0 Å². The van der Waals surface area contributed by atoms with Gasteiger partial charge in [-0.2, -0.15) is 0 Å². The van der Waals surface area contributed by atoms with E-state index in [4.69, 9.17) is 0 Å². The molecule has 1 aromatic carbocycles. The summed E-state index contributed by atoms with van der Waals surface area (Å²) in [7, 11) is -3.68. The zero-order valence-electron chi connectivity index (χ0n) is 10.8. The van der Waals surface area contributed by atoms with Crippen LogP contribution in [0.4, 0.5) is 0 Å². The van der Waals surface area contributed by atoms with E-state index in [0.717, 1.165) is 9.87 Å². The number of nitrogens with zero attached hydrogens (tertiary/aromatic N) is 1. The second-order valence-corrected chi connectivity index (χ2v) is 6.53. The summed E-state index contributed by atoms with van der Waals surface area (Å²) in [4.78, 5) is 12.0. The van der Waals surface area contributed by atoms with Crippen molar-refractivity contribution in [2.45, 2.75) is 38.1 Å². The van der Waals surface area contributed by atoms with E-state index in [2.05, 4.69) is 0 Å². The van der Waals surface area contributed by atoms with Crippen molar-refractivity contribution in [1.82, 2.24) is 4.31 Å². The lowest BCUT2D eigenvalue weighted by atomic mass is 9.91. The largest absolute Gasteiger partial charge is 0.273 e. The first-order valence-corrected chi connectivity index (χ1v) is 7.48. The van der Waals surface area contributed by atoms with Gasteiger partial charge < -0.3 is 0 Å². The summed E-state index contributed by atoms with van der Waals surface area (Å²) < 4.78 is 25.7. The number of carbonyl (C=O) groups excluding carboxylic acids is 1. The Kier molecular flexibility index (Phi) is 3.19. The van der Waals surface area contributed by atoms with Gasteiger partial charge in [-0.3, -0.25) is 4.79 Å². The lowest BCUT2D eigenvalue weighted by Crippen LogP contribution is -2.61. The number of hydrogen-bond donors (Lipinski definition) is 0. The number of aryl methyl sites for hydroxylation is 1. The van der Waals surface area contributed by atoms with Crippen molar-refractivity contribution < 1.29 is 13.2 Å². The van der Waals surface area contributed by atoms with E-state index in [9.17, 15) is 13.2 Å². The van der Waals surface area contributed by atoms with Gasteiger partial charge in [0, 0.05) is 0 Å². The third-order valence-corrected chi connectivity index (χ3v) is 5.32. The van der Waals surface area contributed by atoms with Crippen LogP contribution in [0.15, 0.2) is 29.2 Å². The van der Waals surface area contributed by atoms with Crippen molar-refractivity contribution >= 4 is 15.9 Å². The van der Waals surface area contributed by atoms with Crippen molar-refractivity contribution in [1.29, 1.82) is 0 Å². The van der Waals surface area contributed by atoms with Crippen molar-refractivity contribution in [2.24, 2.45) is 5.92 Å². The Hall–Kier alpha value is -1.36. The Balaban J connectivity index is 2.38. The first kappa shape index (κ1) is 13.1. The SMILES string of the molecule is CC[C@H]1[C@H](C)C(=O)N1S(=O)(=O)c1ccc(C)cc1. The van der Waals surface area contributed by atoms with Crippen molar-refractivity contribution in [3.05, 3.63) is 29.8 Å². The monoisotopic (exact) mass is 267 g/mol. The number of rotatable bonds is 3. The van der Waals surface area contributed by atoms with E-state index in [-0.39, 0.29) is 22.8 Å². The summed E-state index contributed by atoms with van der Waals surface area (Å²) in [6.45, 7) is 5.56. The minimum absolute atomic E-state index is 0.187. The van der Waals surface area contributed by atoms with Gasteiger partial charge >= 0.3 is 0 Å². The molecule has 0 bridgehead atoms. The molecule has 1 saturated heterocycles.